The van der Waals surface area contributed by atoms with Crippen LogP contribution in [0.15, 0.2) is 60.7 Å². The van der Waals surface area contributed by atoms with Crippen molar-refractivity contribution in [3.63, 3.8) is 0 Å². The lowest BCUT2D eigenvalue weighted by molar-refractivity contribution is -0.130. The summed E-state index contributed by atoms with van der Waals surface area (Å²) in [6.45, 7) is 2.28. The molecule has 3 rings (SSSR count). The highest BCUT2D eigenvalue weighted by Crippen LogP contribution is 2.21. The first-order valence-corrected chi connectivity index (χ1v) is 9.26. The molecule has 0 aliphatic heterocycles. The zero-order valence-electron chi connectivity index (χ0n) is 16.8. The number of carbonyl (C=O) groups excluding carboxylic acids is 2. The predicted octanol–water partition coefficient (Wildman–Crippen LogP) is 2.96. The maximum absolute atomic E-state index is 12.9. The molecular weight excluding hydrogens is 368 g/mol. The molecule has 0 saturated carbocycles. The Hall–Kier alpha value is -3.61. The van der Waals surface area contributed by atoms with E-state index in [0.717, 1.165) is 11.3 Å². The van der Waals surface area contributed by atoms with Crippen LogP contribution in [0.4, 0.5) is 5.82 Å². The smallest absolute Gasteiger partial charge is 0.260 e. The number of aromatic nitrogens is 2. The largest absolute Gasteiger partial charge is 0.483 e. The van der Waals surface area contributed by atoms with Crippen LogP contribution in [0, 0.1) is 6.92 Å². The number of carbonyl (C=O) groups is 2. The topological polar surface area (TPSA) is 76.5 Å². The number of hydrogen-bond donors (Lipinski definition) is 1. The standard InChI is InChI=1S/C22H24N4O3/c1-16-13-20(26(24-16)14-17-9-5-4-6-10-17)23-22(28)18-11-7-8-12-19(18)29-15-21(27)25(2)3/h4-13H,14-15H2,1-3H3,(H,23,28). The van der Waals surface area contributed by atoms with E-state index in [0.29, 0.717) is 23.7 Å². The Labute approximate surface area is 169 Å². The number of anilines is 1. The molecule has 7 nitrogen and oxygen atoms in total. The molecule has 0 aliphatic carbocycles. The number of ether oxygens (including phenoxy) is 1. The molecule has 1 N–H and O–H groups in total. The van der Waals surface area contributed by atoms with Crippen LogP contribution < -0.4 is 10.1 Å². The van der Waals surface area contributed by atoms with Crippen LogP contribution >= 0.6 is 0 Å². The van der Waals surface area contributed by atoms with Crippen LogP contribution in [-0.4, -0.2) is 47.2 Å². The Balaban J connectivity index is 1.77. The lowest BCUT2D eigenvalue weighted by atomic mass is 10.2. The molecule has 0 radical (unpaired) electrons. The van der Waals surface area contributed by atoms with E-state index in [1.165, 1.54) is 4.90 Å². The monoisotopic (exact) mass is 392 g/mol. The molecule has 0 aliphatic rings. The Morgan fingerprint density at radius 2 is 1.76 bits per heavy atom. The van der Waals surface area contributed by atoms with Gasteiger partial charge in [-0.2, -0.15) is 5.10 Å². The van der Waals surface area contributed by atoms with Gasteiger partial charge in [0.15, 0.2) is 6.61 Å². The summed E-state index contributed by atoms with van der Waals surface area (Å²) in [5, 5.41) is 7.38. The minimum absolute atomic E-state index is 0.137. The minimum atomic E-state index is -0.327. The van der Waals surface area contributed by atoms with Crippen LogP contribution in [0.2, 0.25) is 0 Å². The zero-order chi connectivity index (χ0) is 20.8. The van der Waals surface area contributed by atoms with Crippen molar-refractivity contribution in [2.24, 2.45) is 0 Å². The highest BCUT2D eigenvalue weighted by atomic mass is 16.5. The maximum atomic E-state index is 12.9. The van der Waals surface area contributed by atoms with Crippen molar-refractivity contribution < 1.29 is 14.3 Å². The van der Waals surface area contributed by atoms with E-state index in [1.54, 1.807) is 43.0 Å². The Morgan fingerprint density at radius 1 is 1.07 bits per heavy atom. The third-order valence-corrected chi connectivity index (χ3v) is 4.30. The molecule has 0 bridgehead atoms. The number of likely N-dealkylation sites (N-methyl/N-ethyl adjacent to an activating group) is 1. The molecule has 29 heavy (non-hydrogen) atoms. The van der Waals surface area contributed by atoms with E-state index in [9.17, 15) is 9.59 Å². The Kier molecular flexibility index (Phi) is 6.29. The van der Waals surface area contributed by atoms with Crippen LogP contribution in [0.25, 0.3) is 0 Å². The van der Waals surface area contributed by atoms with Gasteiger partial charge in [0.1, 0.15) is 11.6 Å². The van der Waals surface area contributed by atoms with E-state index >= 15 is 0 Å². The molecular formula is C22H24N4O3. The fraction of sp³-hybridized carbons (Fsp3) is 0.227. The van der Waals surface area contributed by atoms with Crippen LogP contribution in [0.5, 0.6) is 5.75 Å². The van der Waals surface area contributed by atoms with Crippen molar-refractivity contribution in [2.75, 3.05) is 26.0 Å². The maximum Gasteiger partial charge on any atom is 0.260 e. The zero-order valence-corrected chi connectivity index (χ0v) is 16.8. The van der Waals surface area contributed by atoms with E-state index in [1.807, 2.05) is 43.3 Å². The van der Waals surface area contributed by atoms with Gasteiger partial charge in [0.25, 0.3) is 11.8 Å². The summed E-state index contributed by atoms with van der Waals surface area (Å²) in [5.41, 5.74) is 2.23. The van der Waals surface area contributed by atoms with Gasteiger partial charge < -0.3 is 15.0 Å². The number of nitrogens with one attached hydrogen (secondary N) is 1. The van der Waals surface area contributed by atoms with Crippen molar-refractivity contribution in [3.05, 3.63) is 77.5 Å². The molecule has 7 heteroatoms. The molecule has 3 aromatic rings. The summed E-state index contributed by atoms with van der Waals surface area (Å²) < 4.78 is 7.33. The molecule has 2 amide bonds. The molecule has 0 unspecified atom stereocenters. The first kappa shape index (κ1) is 20.1. The summed E-state index contributed by atoms with van der Waals surface area (Å²) in [4.78, 5) is 26.1. The van der Waals surface area contributed by atoms with Gasteiger partial charge in [0.2, 0.25) is 0 Å². The quantitative estimate of drug-likeness (QED) is 0.671. The van der Waals surface area contributed by atoms with E-state index < -0.39 is 0 Å². The number of benzene rings is 2. The number of hydrogen-bond acceptors (Lipinski definition) is 4. The second kappa shape index (κ2) is 9.05. The van der Waals surface area contributed by atoms with E-state index in [-0.39, 0.29) is 18.4 Å². The predicted molar refractivity (Wildman–Crippen MR) is 111 cm³/mol. The van der Waals surface area contributed by atoms with Crippen molar-refractivity contribution in [2.45, 2.75) is 13.5 Å². The Morgan fingerprint density at radius 3 is 2.48 bits per heavy atom. The lowest BCUT2D eigenvalue weighted by Crippen LogP contribution is -2.28. The molecule has 0 spiro atoms. The SMILES string of the molecule is Cc1cc(NC(=O)c2ccccc2OCC(=O)N(C)C)n(Cc2ccccc2)n1. The summed E-state index contributed by atoms with van der Waals surface area (Å²) >= 11 is 0. The molecule has 1 heterocycles. The summed E-state index contributed by atoms with van der Waals surface area (Å²) in [5.74, 6) is 0.436. The van der Waals surface area contributed by atoms with Gasteiger partial charge in [-0.05, 0) is 24.6 Å². The number of aryl methyl sites for hydroxylation is 1. The molecule has 0 fully saturated rings. The lowest BCUT2D eigenvalue weighted by Gasteiger charge is -2.14. The van der Waals surface area contributed by atoms with Crippen LogP contribution in [0.1, 0.15) is 21.6 Å². The molecule has 0 saturated heterocycles. The van der Waals surface area contributed by atoms with E-state index in [2.05, 4.69) is 10.4 Å². The van der Waals surface area contributed by atoms with Gasteiger partial charge in [-0.3, -0.25) is 9.59 Å². The van der Waals surface area contributed by atoms with Crippen molar-refractivity contribution in [1.29, 1.82) is 0 Å². The number of nitrogens with zero attached hydrogens (tertiary/aromatic N) is 3. The third-order valence-electron chi connectivity index (χ3n) is 4.30. The molecule has 150 valence electrons. The van der Waals surface area contributed by atoms with Gasteiger partial charge >= 0.3 is 0 Å². The fourth-order valence-electron chi connectivity index (χ4n) is 2.76. The van der Waals surface area contributed by atoms with Crippen LogP contribution in [-0.2, 0) is 11.3 Å². The summed E-state index contributed by atoms with van der Waals surface area (Å²) in [7, 11) is 3.31. The van der Waals surface area contributed by atoms with Crippen molar-refractivity contribution in [3.8, 4) is 5.75 Å². The Bertz CT molecular complexity index is 996. The first-order chi connectivity index (χ1) is 13.9. The van der Waals surface area contributed by atoms with Crippen molar-refractivity contribution in [1.82, 2.24) is 14.7 Å². The van der Waals surface area contributed by atoms with Gasteiger partial charge in [0, 0.05) is 20.2 Å². The average molecular weight is 392 g/mol. The number of para-hydroxylation sites is 1. The molecule has 0 atom stereocenters. The van der Waals surface area contributed by atoms with Gasteiger partial charge in [-0.25, -0.2) is 4.68 Å². The number of rotatable bonds is 7. The van der Waals surface area contributed by atoms with Gasteiger partial charge in [-0.15, -0.1) is 0 Å². The molecule has 1 aromatic heterocycles. The van der Waals surface area contributed by atoms with Crippen molar-refractivity contribution >= 4 is 17.6 Å². The minimum Gasteiger partial charge on any atom is -0.483 e. The van der Waals surface area contributed by atoms with E-state index in [4.69, 9.17) is 4.74 Å². The first-order valence-electron chi connectivity index (χ1n) is 9.26. The normalized spacial score (nSPS) is 10.4. The van der Waals surface area contributed by atoms with Gasteiger partial charge in [-0.1, -0.05) is 42.5 Å². The highest BCUT2D eigenvalue weighted by molar-refractivity contribution is 6.05. The fourth-order valence-corrected chi connectivity index (χ4v) is 2.76. The molecule has 2 aromatic carbocycles. The average Bonchev–Trinajstić information content (AvgIpc) is 3.05. The number of amides is 2. The van der Waals surface area contributed by atoms with Gasteiger partial charge in [0.05, 0.1) is 17.8 Å². The summed E-state index contributed by atoms with van der Waals surface area (Å²) in [6, 6.07) is 18.6. The second-order valence-corrected chi connectivity index (χ2v) is 6.84. The summed E-state index contributed by atoms with van der Waals surface area (Å²) in [6.07, 6.45) is 0. The highest BCUT2D eigenvalue weighted by Gasteiger charge is 2.16. The second-order valence-electron chi connectivity index (χ2n) is 6.84. The third kappa shape index (κ3) is 5.22. The van der Waals surface area contributed by atoms with Crippen LogP contribution in [0.3, 0.4) is 0 Å².